The lowest BCUT2D eigenvalue weighted by Gasteiger charge is -2.22. The third-order valence-electron chi connectivity index (χ3n) is 2.95. The van der Waals surface area contributed by atoms with Crippen molar-refractivity contribution in [2.75, 3.05) is 33.4 Å². The van der Waals surface area contributed by atoms with E-state index in [1.807, 2.05) is 0 Å². The van der Waals surface area contributed by atoms with Crippen molar-refractivity contribution in [3.8, 4) is 0 Å². The molecule has 0 saturated carbocycles. The first kappa shape index (κ1) is 17.6. The van der Waals surface area contributed by atoms with Crippen LogP contribution in [-0.2, 0) is 14.8 Å². The first-order chi connectivity index (χ1) is 9.84. The molecule has 0 aliphatic heterocycles. The first-order valence-electron chi connectivity index (χ1n) is 6.28. The Kier molecular flexibility index (Phi) is 6.28. The van der Waals surface area contributed by atoms with E-state index in [9.17, 15) is 13.2 Å². The minimum atomic E-state index is -3.89. The number of aliphatic hydroxyl groups excluding tert-OH is 1. The number of aryl methyl sites for hydroxylation is 1. The molecule has 0 spiro atoms. The maximum absolute atomic E-state index is 12.6. The van der Waals surface area contributed by atoms with Gasteiger partial charge in [-0.2, -0.15) is 4.31 Å². The normalized spacial score (nSPS) is 11.8. The van der Waals surface area contributed by atoms with E-state index in [-0.39, 0.29) is 36.8 Å². The van der Waals surface area contributed by atoms with Crippen LogP contribution >= 0.6 is 0 Å². The number of hydrogen-bond donors (Lipinski definition) is 2. The molecular formula is C13H19NO6S. The number of carboxylic acids is 1. The molecule has 0 aromatic heterocycles. The summed E-state index contributed by atoms with van der Waals surface area (Å²) in [6.07, 6.45) is 0. The quantitative estimate of drug-likeness (QED) is 0.716. The van der Waals surface area contributed by atoms with Crippen molar-refractivity contribution >= 4 is 16.0 Å². The van der Waals surface area contributed by atoms with Gasteiger partial charge in [-0.3, -0.25) is 0 Å². The summed E-state index contributed by atoms with van der Waals surface area (Å²) in [4.78, 5) is 10.9. The topological polar surface area (TPSA) is 104 Å². The van der Waals surface area contributed by atoms with E-state index >= 15 is 0 Å². The van der Waals surface area contributed by atoms with Gasteiger partial charge >= 0.3 is 5.97 Å². The van der Waals surface area contributed by atoms with Crippen molar-refractivity contribution in [1.29, 1.82) is 0 Å². The van der Waals surface area contributed by atoms with Crippen molar-refractivity contribution in [3.63, 3.8) is 0 Å². The number of aliphatic hydroxyl groups is 1. The zero-order chi connectivity index (χ0) is 16.0. The van der Waals surface area contributed by atoms with Gasteiger partial charge < -0.3 is 14.9 Å². The fraction of sp³-hybridized carbons (Fsp3) is 0.462. The fourth-order valence-corrected chi connectivity index (χ4v) is 3.47. The van der Waals surface area contributed by atoms with Crippen LogP contribution in [0.5, 0.6) is 0 Å². The Labute approximate surface area is 123 Å². The second-order valence-electron chi connectivity index (χ2n) is 4.41. The molecule has 2 N–H and O–H groups in total. The summed E-state index contributed by atoms with van der Waals surface area (Å²) in [6, 6.07) is 3.93. The molecule has 8 heteroatoms. The number of hydrogen-bond acceptors (Lipinski definition) is 5. The zero-order valence-electron chi connectivity index (χ0n) is 11.9. The second kappa shape index (κ2) is 7.51. The smallest absolute Gasteiger partial charge is 0.335 e. The van der Waals surface area contributed by atoms with Gasteiger partial charge in [0.05, 0.1) is 23.7 Å². The van der Waals surface area contributed by atoms with Gasteiger partial charge in [-0.25, -0.2) is 13.2 Å². The number of rotatable bonds is 8. The minimum absolute atomic E-state index is 0.0769. The van der Waals surface area contributed by atoms with Crippen LogP contribution < -0.4 is 0 Å². The highest BCUT2D eigenvalue weighted by Crippen LogP contribution is 2.21. The average molecular weight is 317 g/mol. The molecule has 0 radical (unpaired) electrons. The number of carboxylic acid groups (broad SMARTS) is 1. The highest BCUT2D eigenvalue weighted by atomic mass is 32.2. The molecule has 0 unspecified atom stereocenters. The Morgan fingerprint density at radius 2 is 2.00 bits per heavy atom. The van der Waals surface area contributed by atoms with Crippen LogP contribution in [0.2, 0.25) is 0 Å². The maximum atomic E-state index is 12.6. The summed E-state index contributed by atoms with van der Waals surface area (Å²) in [7, 11) is -2.45. The molecule has 0 aliphatic rings. The number of benzene rings is 1. The van der Waals surface area contributed by atoms with Gasteiger partial charge in [0.2, 0.25) is 10.0 Å². The van der Waals surface area contributed by atoms with Crippen LogP contribution in [0, 0.1) is 6.92 Å². The lowest BCUT2D eigenvalue weighted by atomic mass is 10.1. The molecule has 0 heterocycles. The van der Waals surface area contributed by atoms with Gasteiger partial charge in [0.1, 0.15) is 0 Å². The lowest BCUT2D eigenvalue weighted by molar-refractivity contribution is 0.0696. The second-order valence-corrected chi connectivity index (χ2v) is 6.31. The summed E-state index contributed by atoms with van der Waals surface area (Å²) in [6.45, 7) is 1.43. The van der Waals surface area contributed by atoms with E-state index in [1.165, 1.54) is 19.2 Å². The Balaban J connectivity index is 3.26. The summed E-state index contributed by atoms with van der Waals surface area (Å²) >= 11 is 0. The van der Waals surface area contributed by atoms with Crippen molar-refractivity contribution in [2.24, 2.45) is 0 Å². The van der Waals surface area contributed by atoms with Crippen LogP contribution in [0.15, 0.2) is 23.1 Å². The third-order valence-corrected chi connectivity index (χ3v) is 4.99. The Hall–Kier alpha value is -1.48. The summed E-state index contributed by atoms with van der Waals surface area (Å²) < 4.78 is 31.1. The Morgan fingerprint density at radius 3 is 2.52 bits per heavy atom. The number of ether oxygens (including phenoxy) is 1. The minimum Gasteiger partial charge on any atom is -0.478 e. The van der Waals surface area contributed by atoms with E-state index in [4.69, 9.17) is 14.9 Å². The highest BCUT2D eigenvalue weighted by Gasteiger charge is 2.26. The molecule has 1 aromatic carbocycles. The van der Waals surface area contributed by atoms with Gasteiger partial charge in [0.15, 0.2) is 0 Å². The van der Waals surface area contributed by atoms with Crippen LogP contribution in [0.1, 0.15) is 15.9 Å². The van der Waals surface area contributed by atoms with E-state index in [1.54, 1.807) is 6.92 Å². The van der Waals surface area contributed by atoms with Crippen molar-refractivity contribution < 1.29 is 28.2 Å². The third kappa shape index (κ3) is 4.24. The van der Waals surface area contributed by atoms with Gasteiger partial charge in [0.25, 0.3) is 0 Å². The number of methoxy groups -OCH3 is 1. The van der Waals surface area contributed by atoms with E-state index in [0.717, 1.165) is 10.4 Å². The summed E-state index contributed by atoms with van der Waals surface area (Å²) in [5, 5.41) is 18.0. The van der Waals surface area contributed by atoms with Crippen LogP contribution in [-0.4, -0.2) is 62.3 Å². The number of aromatic carboxylic acids is 1. The monoisotopic (exact) mass is 317 g/mol. The molecule has 0 atom stereocenters. The largest absolute Gasteiger partial charge is 0.478 e. The Bertz CT molecular complexity index is 599. The van der Waals surface area contributed by atoms with Crippen LogP contribution in [0.25, 0.3) is 0 Å². The molecule has 0 fully saturated rings. The van der Waals surface area contributed by atoms with E-state index < -0.39 is 16.0 Å². The molecule has 0 saturated heterocycles. The Morgan fingerprint density at radius 1 is 1.33 bits per heavy atom. The van der Waals surface area contributed by atoms with Gasteiger partial charge in [-0.1, -0.05) is 6.07 Å². The molecule has 1 rings (SSSR count). The van der Waals surface area contributed by atoms with Gasteiger partial charge in [-0.15, -0.1) is 0 Å². The number of sulfonamides is 1. The molecule has 0 bridgehead atoms. The maximum Gasteiger partial charge on any atom is 0.335 e. The average Bonchev–Trinajstić information content (AvgIpc) is 2.43. The van der Waals surface area contributed by atoms with Gasteiger partial charge in [-0.05, 0) is 24.6 Å². The molecule has 0 amide bonds. The molecule has 21 heavy (non-hydrogen) atoms. The fourth-order valence-electron chi connectivity index (χ4n) is 1.81. The SMILES string of the molecule is COCCN(CCO)S(=O)(=O)c1cc(C(=O)O)ccc1C. The zero-order valence-corrected chi connectivity index (χ0v) is 12.8. The number of nitrogens with zero attached hydrogens (tertiary/aromatic N) is 1. The van der Waals surface area contributed by atoms with Crippen molar-refractivity contribution in [3.05, 3.63) is 29.3 Å². The van der Waals surface area contributed by atoms with Crippen LogP contribution in [0.3, 0.4) is 0 Å². The molecule has 1 aromatic rings. The van der Waals surface area contributed by atoms with E-state index in [2.05, 4.69) is 0 Å². The first-order valence-corrected chi connectivity index (χ1v) is 7.72. The molecular weight excluding hydrogens is 298 g/mol. The summed E-state index contributed by atoms with van der Waals surface area (Å²) in [5.41, 5.74) is 0.343. The van der Waals surface area contributed by atoms with Crippen molar-refractivity contribution in [2.45, 2.75) is 11.8 Å². The summed E-state index contributed by atoms with van der Waals surface area (Å²) in [5.74, 6) is -1.20. The lowest BCUT2D eigenvalue weighted by Crippen LogP contribution is -2.36. The number of carbonyl (C=O) groups is 1. The van der Waals surface area contributed by atoms with Gasteiger partial charge in [0, 0.05) is 20.2 Å². The highest BCUT2D eigenvalue weighted by molar-refractivity contribution is 7.89. The predicted octanol–water partition coefficient (Wildman–Crippen LogP) is 0.323. The molecule has 118 valence electrons. The molecule has 0 aliphatic carbocycles. The van der Waals surface area contributed by atoms with Crippen LogP contribution in [0.4, 0.5) is 0 Å². The van der Waals surface area contributed by atoms with E-state index in [0.29, 0.717) is 5.56 Å². The predicted molar refractivity (Wildman–Crippen MR) is 75.9 cm³/mol. The standard InChI is InChI=1S/C13H19NO6S/c1-10-3-4-11(13(16)17)9-12(10)21(18,19)14(5-7-15)6-8-20-2/h3-4,9,15H,5-8H2,1-2H3,(H,16,17). The molecule has 7 nitrogen and oxygen atoms in total. The van der Waals surface area contributed by atoms with Crippen molar-refractivity contribution in [1.82, 2.24) is 4.31 Å².